The van der Waals surface area contributed by atoms with E-state index in [-0.39, 0.29) is 17.9 Å². The lowest BCUT2D eigenvalue weighted by Gasteiger charge is -2.34. The topological polar surface area (TPSA) is 46.6 Å². The molecule has 24 heavy (non-hydrogen) atoms. The van der Waals surface area contributed by atoms with Gasteiger partial charge in [0.2, 0.25) is 5.91 Å². The predicted octanol–water partition coefficient (Wildman–Crippen LogP) is 3.83. The van der Waals surface area contributed by atoms with Crippen LogP contribution in [0.25, 0.3) is 11.1 Å². The number of nitrogens with zero attached hydrogens (tertiary/aromatic N) is 1. The van der Waals surface area contributed by atoms with Gasteiger partial charge in [-0.15, -0.1) is 0 Å². The number of ether oxygens (including phenoxy) is 1. The van der Waals surface area contributed by atoms with E-state index in [4.69, 9.17) is 4.74 Å². The van der Waals surface area contributed by atoms with E-state index in [0.717, 1.165) is 29.7 Å². The molecule has 0 spiro atoms. The molecule has 0 saturated heterocycles. The molecule has 2 aromatic carbocycles. The molecule has 0 fully saturated rings. The summed E-state index contributed by atoms with van der Waals surface area (Å²) in [4.78, 5) is 25.3. The van der Waals surface area contributed by atoms with Gasteiger partial charge in [0.1, 0.15) is 0 Å². The molecule has 4 heteroatoms. The smallest absolute Gasteiger partial charge is 0.337 e. The third kappa shape index (κ3) is 2.92. The second-order valence-electron chi connectivity index (χ2n) is 6.19. The highest BCUT2D eigenvalue weighted by atomic mass is 16.5. The first kappa shape index (κ1) is 16.2. The zero-order valence-corrected chi connectivity index (χ0v) is 14.2. The number of anilines is 1. The Kier molecular flexibility index (Phi) is 4.38. The highest BCUT2D eigenvalue weighted by molar-refractivity contribution is 5.94. The van der Waals surface area contributed by atoms with Gasteiger partial charge in [-0.25, -0.2) is 4.79 Å². The van der Waals surface area contributed by atoms with Crippen molar-refractivity contribution in [3.8, 4) is 11.1 Å². The Bertz CT molecular complexity index is 780. The Morgan fingerprint density at radius 2 is 1.75 bits per heavy atom. The number of amides is 1. The highest BCUT2D eigenvalue weighted by Gasteiger charge is 2.26. The van der Waals surface area contributed by atoms with Gasteiger partial charge in [-0.1, -0.05) is 18.2 Å². The van der Waals surface area contributed by atoms with Crippen LogP contribution >= 0.6 is 0 Å². The van der Waals surface area contributed by atoms with Crippen LogP contribution in [0.3, 0.4) is 0 Å². The fraction of sp³-hybridized carbons (Fsp3) is 0.300. The van der Waals surface area contributed by atoms with Crippen LogP contribution < -0.4 is 4.90 Å². The monoisotopic (exact) mass is 323 g/mol. The van der Waals surface area contributed by atoms with Crippen molar-refractivity contribution < 1.29 is 14.3 Å². The van der Waals surface area contributed by atoms with Gasteiger partial charge in [-0.3, -0.25) is 4.79 Å². The fourth-order valence-electron chi connectivity index (χ4n) is 3.33. The minimum absolute atomic E-state index is 0.0821. The molecule has 1 aliphatic heterocycles. The zero-order chi connectivity index (χ0) is 17.3. The molecular formula is C20H21NO3. The van der Waals surface area contributed by atoms with Crippen LogP contribution in [0.1, 0.15) is 36.2 Å². The lowest BCUT2D eigenvalue weighted by atomic mass is 9.93. The van der Waals surface area contributed by atoms with Crippen LogP contribution in [0, 0.1) is 0 Å². The summed E-state index contributed by atoms with van der Waals surface area (Å²) in [5, 5.41) is 0. The van der Waals surface area contributed by atoms with Crippen molar-refractivity contribution in [3.63, 3.8) is 0 Å². The normalized spacial score (nSPS) is 16.5. The molecule has 1 heterocycles. The summed E-state index contributed by atoms with van der Waals surface area (Å²) in [5.41, 5.74) is 4.87. The molecule has 0 radical (unpaired) electrons. The van der Waals surface area contributed by atoms with Gasteiger partial charge in [0.25, 0.3) is 0 Å². The van der Waals surface area contributed by atoms with Crippen molar-refractivity contribution in [2.45, 2.75) is 32.7 Å². The molecule has 0 aromatic heterocycles. The largest absolute Gasteiger partial charge is 0.465 e. The van der Waals surface area contributed by atoms with Gasteiger partial charge >= 0.3 is 5.97 Å². The number of carbonyl (C=O) groups is 2. The highest BCUT2D eigenvalue weighted by Crippen LogP contribution is 2.34. The van der Waals surface area contributed by atoms with E-state index in [2.05, 4.69) is 13.0 Å². The first-order valence-corrected chi connectivity index (χ1v) is 8.12. The van der Waals surface area contributed by atoms with Crippen LogP contribution in [-0.4, -0.2) is 25.0 Å². The van der Waals surface area contributed by atoms with Gasteiger partial charge < -0.3 is 9.64 Å². The van der Waals surface area contributed by atoms with Crippen LogP contribution in [0.15, 0.2) is 42.5 Å². The maximum Gasteiger partial charge on any atom is 0.337 e. The maximum atomic E-state index is 11.9. The molecular weight excluding hydrogens is 302 g/mol. The summed E-state index contributed by atoms with van der Waals surface area (Å²) in [6.45, 7) is 3.70. The van der Waals surface area contributed by atoms with Crippen LogP contribution in [-0.2, 0) is 16.0 Å². The standard InChI is InChI=1S/C20H21NO3/c1-13-4-5-18-12-17(10-11-19(18)21(13)14(2)22)15-6-8-16(9-7-15)20(23)24-3/h6-13H,4-5H2,1-3H3/t13-/m0/s1. The van der Waals surface area contributed by atoms with E-state index in [1.54, 1.807) is 19.1 Å². The van der Waals surface area contributed by atoms with E-state index in [1.807, 2.05) is 29.2 Å². The van der Waals surface area contributed by atoms with Crippen LogP contribution in [0.2, 0.25) is 0 Å². The summed E-state index contributed by atoms with van der Waals surface area (Å²) in [6, 6.07) is 13.8. The van der Waals surface area contributed by atoms with Crippen molar-refractivity contribution in [2.24, 2.45) is 0 Å². The molecule has 1 atom stereocenters. The molecule has 0 saturated carbocycles. The lowest BCUT2D eigenvalue weighted by molar-refractivity contribution is -0.117. The van der Waals surface area contributed by atoms with E-state index >= 15 is 0 Å². The van der Waals surface area contributed by atoms with Crippen molar-refractivity contribution in [2.75, 3.05) is 12.0 Å². The third-order valence-corrected chi connectivity index (χ3v) is 4.59. The second-order valence-corrected chi connectivity index (χ2v) is 6.19. The van der Waals surface area contributed by atoms with E-state index < -0.39 is 0 Å². The van der Waals surface area contributed by atoms with Gasteiger partial charge in [0.05, 0.1) is 12.7 Å². The lowest BCUT2D eigenvalue weighted by Crippen LogP contribution is -2.40. The fourth-order valence-corrected chi connectivity index (χ4v) is 3.33. The minimum atomic E-state index is -0.335. The quantitative estimate of drug-likeness (QED) is 0.789. The molecule has 1 aliphatic rings. The number of esters is 1. The predicted molar refractivity (Wildman–Crippen MR) is 94.2 cm³/mol. The molecule has 4 nitrogen and oxygen atoms in total. The minimum Gasteiger partial charge on any atom is -0.465 e. The first-order valence-electron chi connectivity index (χ1n) is 8.12. The van der Waals surface area contributed by atoms with E-state index in [0.29, 0.717) is 5.56 Å². The number of aryl methyl sites for hydroxylation is 1. The van der Waals surface area contributed by atoms with Crippen molar-refractivity contribution in [1.82, 2.24) is 0 Å². The third-order valence-electron chi connectivity index (χ3n) is 4.59. The zero-order valence-electron chi connectivity index (χ0n) is 14.2. The SMILES string of the molecule is COC(=O)c1ccc(-c2ccc3c(c2)CC[C@H](C)N3C(C)=O)cc1. The van der Waals surface area contributed by atoms with Gasteiger partial charge in [0, 0.05) is 18.7 Å². The Morgan fingerprint density at radius 3 is 2.38 bits per heavy atom. The van der Waals surface area contributed by atoms with Crippen LogP contribution in [0.4, 0.5) is 5.69 Å². The van der Waals surface area contributed by atoms with Crippen molar-refractivity contribution in [3.05, 3.63) is 53.6 Å². The molecule has 0 N–H and O–H groups in total. The Hall–Kier alpha value is -2.62. The number of rotatable bonds is 2. The number of methoxy groups -OCH3 is 1. The Labute approximate surface area is 142 Å². The van der Waals surface area contributed by atoms with E-state index in [9.17, 15) is 9.59 Å². The van der Waals surface area contributed by atoms with Gasteiger partial charge in [-0.05, 0) is 60.7 Å². The molecule has 2 aromatic rings. The van der Waals surface area contributed by atoms with Crippen LogP contribution in [0.5, 0.6) is 0 Å². The van der Waals surface area contributed by atoms with E-state index in [1.165, 1.54) is 12.7 Å². The maximum absolute atomic E-state index is 11.9. The van der Waals surface area contributed by atoms with Gasteiger partial charge in [-0.2, -0.15) is 0 Å². The molecule has 0 aliphatic carbocycles. The number of fused-ring (bicyclic) bond motifs is 1. The average Bonchev–Trinajstić information content (AvgIpc) is 2.60. The first-order chi connectivity index (χ1) is 11.5. The molecule has 0 unspecified atom stereocenters. The summed E-state index contributed by atoms with van der Waals surface area (Å²) in [6.07, 6.45) is 1.94. The molecule has 1 amide bonds. The number of hydrogen-bond donors (Lipinski definition) is 0. The number of hydrogen-bond acceptors (Lipinski definition) is 3. The number of carbonyl (C=O) groups excluding carboxylic acids is 2. The summed E-state index contributed by atoms with van der Waals surface area (Å²) in [7, 11) is 1.38. The summed E-state index contributed by atoms with van der Waals surface area (Å²) in [5.74, 6) is -0.253. The Balaban J connectivity index is 1.94. The summed E-state index contributed by atoms with van der Waals surface area (Å²) >= 11 is 0. The summed E-state index contributed by atoms with van der Waals surface area (Å²) < 4.78 is 4.72. The molecule has 3 rings (SSSR count). The average molecular weight is 323 g/mol. The Morgan fingerprint density at radius 1 is 1.08 bits per heavy atom. The van der Waals surface area contributed by atoms with Gasteiger partial charge in [0.15, 0.2) is 0 Å². The molecule has 124 valence electrons. The van der Waals surface area contributed by atoms with Crippen molar-refractivity contribution >= 4 is 17.6 Å². The number of benzene rings is 2. The molecule has 0 bridgehead atoms. The van der Waals surface area contributed by atoms with Crippen molar-refractivity contribution in [1.29, 1.82) is 0 Å². The second kappa shape index (κ2) is 6.48.